The Kier molecular flexibility index (Phi) is 8.30. The van der Waals surface area contributed by atoms with Gasteiger partial charge in [-0.15, -0.1) is 11.6 Å². The Morgan fingerprint density at radius 1 is 1.05 bits per heavy atom. The van der Waals surface area contributed by atoms with E-state index in [1.165, 1.54) is 6.08 Å². The highest BCUT2D eigenvalue weighted by molar-refractivity contribution is 6.17. The number of alkyl halides is 1. The van der Waals surface area contributed by atoms with E-state index in [1.54, 1.807) is 38.1 Å². The molecule has 0 spiro atoms. The Balaban J connectivity index is 2.61. The molecule has 1 rings (SSSR count). The van der Waals surface area contributed by atoms with Crippen LogP contribution in [0.1, 0.15) is 39.5 Å². The normalized spacial score (nSPS) is 9.95. The lowest BCUT2D eigenvalue weighted by atomic mass is 10.2. The summed E-state index contributed by atoms with van der Waals surface area (Å²) in [6, 6.07) is 6.62. The Labute approximate surface area is 136 Å². The zero-order chi connectivity index (χ0) is 16.4. The molecule has 1 aromatic carbocycles. The van der Waals surface area contributed by atoms with Gasteiger partial charge in [0, 0.05) is 18.4 Å². The zero-order valence-electron chi connectivity index (χ0n) is 12.9. The zero-order valence-corrected chi connectivity index (χ0v) is 13.7. The molecule has 0 aliphatic heterocycles. The van der Waals surface area contributed by atoms with Crippen molar-refractivity contribution < 1.29 is 19.1 Å². The SMILES string of the molecule is CC(C)=CC(=O)Oc1ccccc1OC(=O)CCCCCCl. The van der Waals surface area contributed by atoms with E-state index in [9.17, 15) is 9.59 Å². The van der Waals surface area contributed by atoms with Crippen LogP contribution in [0, 0.1) is 0 Å². The number of benzene rings is 1. The van der Waals surface area contributed by atoms with Crippen LogP contribution in [0.15, 0.2) is 35.9 Å². The van der Waals surface area contributed by atoms with Gasteiger partial charge in [-0.1, -0.05) is 24.1 Å². The summed E-state index contributed by atoms with van der Waals surface area (Å²) < 4.78 is 10.5. The standard InChI is InChI=1S/C17H21ClO4/c1-13(2)12-17(20)22-15-9-6-5-8-14(15)21-16(19)10-4-3-7-11-18/h5-6,8-9,12H,3-4,7,10-11H2,1-2H3. The van der Waals surface area contributed by atoms with Crippen molar-refractivity contribution in [2.24, 2.45) is 0 Å². The van der Waals surface area contributed by atoms with Crippen molar-refractivity contribution in [2.45, 2.75) is 39.5 Å². The minimum absolute atomic E-state index is 0.235. The molecule has 22 heavy (non-hydrogen) atoms. The van der Waals surface area contributed by atoms with Gasteiger partial charge in [-0.2, -0.15) is 0 Å². The van der Waals surface area contributed by atoms with Gasteiger partial charge in [0.1, 0.15) is 0 Å². The molecule has 1 aromatic rings. The average molecular weight is 325 g/mol. The third kappa shape index (κ3) is 7.27. The minimum Gasteiger partial charge on any atom is -0.423 e. The maximum absolute atomic E-state index is 11.8. The van der Waals surface area contributed by atoms with Crippen LogP contribution in [0.25, 0.3) is 0 Å². The molecule has 5 heteroatoms. The highest BCUT2D eigenvalue weighted by Crippen LogP contribution is 2.27. The summed E-state index contributed by atoms with van der Waals surface area (Å²) in [5, 5.41) is 0. The quantitative estimate of drug-likeness (QED) is 0.236. The highest BCUT2D eigenvalue weighted by atomic mass is 35.5. The summed E-state index contributed by atoms with van der Waals surface area (Å²) in [7, 11) is 0. The van der Waals surface area contributed by atoms with Crippen molar-refractivity contribution in [2.75, 3.05) is 5.88 Å². The summed E-state index contributed by atoms with van der Waals surface area (Å²) in [5.41, 5.74) is 0.832. The number of carbonyl (C=O) groups excluding carboxylic acids is 2. The van der Waals surface area contributed by atoms with Crippen molar-refractivity contribution in [3.05, 3.63) is 35.9 Å². The van der Waals surface area contributed by atoms with Crippen LogP contribution in [0.2, 0.25) is 0 Å². The molecule has 0 heterocycles. The maximum Gasteiger partial charge on any atom is 0.336 e. The van der Waals surface area contributed by atoms with E-state index in [4.69, 9.17) is 21.1 Å². The fourth-order valence-electron chi connectivity index (χ4n) is 1.71. The van der Waals surface area contributed by atoms with Crippen LogP contribution in [0.4, 0.5) is 0 Å². The van der Waals surface area contributed by atoms with Gasteiger partial charge in [-0.3, -0.25) is 4.79 Å². The van der Waals surface area contributed by atoms with Gasteiger partial charge in [0.15, 0.2) is 11.5 Å². The van der Waals surface area contributed by atoms with E-state index < -0.39 is 5.97 Å². The van der Waals surface area contributed by atoms with E-state index in [-0.39, 0.29) is 17.5 Å². The predicted octanol–water partition coefficient (Wildman–Crippen LogP) is 4.26. The number of unbranched alkanes of at least 4 members (excludes halogenated alkanes) is 2. The largest absolute Gasteiger partial charge is 0.423 e. The molecule has 0 saturated heterocycles. The second-order valence-corrected chi connectivity index (χ2v) is 5.44. The molecule has 0 unspecified atom stereocenters. The molecular formula is C17H21ClO4. The lowest BCUT2D eigenvalue weighted by Gasteiger charge is -2.09. The van der Waals surface area contributed by atoms with E-state index in [2.05, 4.69) is 0 Å². The van der Waals surface area contributed by atoms with Crippen LogP contribution in [0.5, 0.6) is 11.5 Å². The van der Waals surface area contributed by atoms with Gasteiger partial charge in [0.25, 0.3) is 0 Å². The topological polar surface area (TPSA) is 52.6 Å². The number of allylic oxidation sites excluding steroid dienone is 1. The number of carbonyl (C=O) groups is 2. The third-order valence-corrected chi connectivity index (χ3v) is 2.97. The third-order valence-electron chi connectivity index (χ3n) is 2.70. The summed E-state index contributed by atoms with van der Waals surface area (Å²) >= 11 is 5.58. The van der Waals surface area contributed by atoms with Gasteiger partial charge < -0.3 is 9.47 Å². The Hall–Kier alpha value is -1.81. The summed E-state index contributed by atoms with van der Waals surface area (Å²) in [6.07, 6.45) is 4.19. The van der Waals surface area contributed by atoms with Crippen molar-refractivity contribution in [3.8, 4) is 11.5 Å². The predicted molar refractivity (Wildman–Crippen MR) is 86.3 cm³/mol. The fraction of sp³-hybridized carbons (Fsp3) is 0.412. The molecule has 0 radical (unpaired) electrons. The van der Waals surface area contributed by atoms with Crippen molar-refractivity contribution in [1.29, 1.82) is 0 Å². The van der Waals surface area contributed by atoms with E-state index in [0.717, 1.165) is 24.8 Å². The first-order valence-electron chi connectivity index (χ1n) is 7.25. The molecule has 0 aromatic heterocycles. The monoisotopic (exact) mass is 324 g/mol. The highest BCUT2D eigenvalue weighted by Gasteiger charge is 2.12. The number of hydrogen-bond donors (Lipinski definition) is 0. The molecular weight excluding hydrogens is 304 g/mol. The van der Waals surface area contributed by atoms with Crippen molar-refractivity contribution >= 4 is 23.5 Å². The molecule has 0 atom stereocenters. The molecule has 4 nitrogen and oxygen atoms in total. The number of esters is 2. The molecule has 0 N–H and O–H groups in total. The summed E-state index contributed by atoms with van der Waals surface area (Å²) in [4.78, 5) is 23.4. The number of rotatable bonds is 8. The number of para-hydroxylation sites is 2. The van der Waals surface area contributed by atoms with Gasteiger partial charge >= 0.3 is 11.9 Å². The smallest absolute Gasteiger partial charge is 0.336 e. The average Bonchev–Trinajstić information content (AvgIpc) is 2.45. The van der Waals surface area contributed by atoms with E-state index >= 15 is 0 Å². The summed E-state index contributed by atoms with van der Waals surface area (Å²) in [6.45, 7) is 3.60. The Bertz CT molecular complexity index is 533. The molecule has 0 saturated carbocycles. The Morgan fingerprint density at radius 2 is 1.68 bits per heavy atom. The van der Waals surface area contributed by atoms with Gasteiger partial charge in [0.2, 0.25) is 0 Å². The van der Waals surface area contributed by atoms with Gasteiger partial charge in [-0.25, -0.2) is 4.79 Å². The van der Waals surface area contributed by atoms with E-state index in [1.807, 2.05) is 0 Å². The number of halogens is 1. The number of ether oxygens (including phenoxy) is 2. The van der Waals surface area contributed by atoms with Crippen molar-refractivity contribution in [3.63, 3.8) is 0 Å². The fourth-order valence-corrected chi connectivity index (χ4v) is 1.90. The Morgan fingerprint density at radius 3 is 2.27 bits per heavy atom. The van der Waals surface area contributed by atoms with Crippen molar-refractivity contribution in [1.82, 2.24) is 0 Å². The van der Waals surface area contributed by atoms with Gasteiger partial charge in [-0.05, 0) is 38.8 Å². The van der Waals surface area contributed by atoms with Crippen LogP contribution < -0.4 is 9.47 Å². The van der Waals surface area contributed by atoms with Crippen LogP contribution in [0.3, 0.4) is 0 Å². The molecule has 0 bridgehead atoms. The lowest BCUT2D eigenvalue weighted by molar-refractivity contribution is -0.135. The molecule has 120 valence electrons. The molecule has 0 aliphatic carbocycles. The molecule has 0 aliphatic rings. The second kappa shape index (κ2) is 10.0. The second-order valence-electron chi connectivity index (χ2n) is 5.06. The first-order valence-corrected chi connectivity index (χ1v) is 7.78. The molecule has 0 fully saturated rings. The van der Waals surface area contributed by atoms with Gasteiger partial charge in [0.05, 0.1) is 0 Å². The number of hydrogen-bond acceptors (Lipinski definition) is 4. The lowest BCUT2D eigenvalue weighted by Crippen LogP contribution is -2.10. The molecule has 0 amide bonds. The van der Waals surface area contributed by atoms with Crippen LogP contribution >= 0.6 is 11.6 Å². The summed E-state index contributed by atoms with van der Waals surface area (Å²) in [5.74, 6) is 0.239. The van der Waals surface area contributed by atoms with Crippen LogP contribution in [-0.2, 0) is 9.59 Å². The minimum atomic E-state index is -0.495. The van der Waals surface area contributed by atoms with Crippen LogP contribution in [-0.4, -0.2) is 17.8 Å². The maximum atomic E-state index is 11.8. The first kappa shape index (κ1) is 18.2. The van der Waals surface area contributed by atoms with E-state index in [0.29, 0.717) is 12.3 Å². The first-order chi connectivity index (χ1) is 10.5.